The van der Waals surface area contributed by atoms with Gasteiger partial charge in [-0.15, -0.1) is 0 Å². The van der Waals surface area contributed by atoms with Crippen molar-refractivity contribution in [3.8, 4) is 11.1 Å². The minimum atomic E-state index is 0.364. The van der Waals surface area contributed by atoms with E-state index in [9.17, 15) is 0 Å². The van der Waals surface area contributed by atoms with Gasteiger partial charge in [0, 0.05) is 53.0 Å². The highest BCUT2D eigenvalue weighted by molar-refractivity contribution is 5.68. The van der Waals surface area contributed by atoms with Crippen molar-refractivity contribution in [2.45, 2.75) is 132 Å². The lowest BCUT2D eigenvalue weighted by Gasteiger charge is -2.38. The Morgan fingerprint density at radius 2 is 1.63 bits per heavy atom. The number of pyridine rings is 1. The normalized spacial score (nSPS) is 18.7. The number of aromatic nitrogens is 3. The summed E-state index contributed by atoms with van der Waals surface area (Å²) >= 11 is 0. The van der Waals surface area contributed by atoms with Crippen LogP contribution in [0.15, 0.2) is 61.1 Å². The molecule has 3 aromatic rings. The molecule has 1 aromatic carbocycles. The summed E-state index contributed by atoms with van der Waals surface area (Å²) in [4.78, 5) is 7.60. The Morgan fingerprint density at radius 3 is 2.23 bits per heavy atom. The summed E-state index contributed by atoms with van der Waals surface area (Å²) in [5, 5.41) is 4.60. The van der Waals surface area contributed by atoms with Crippen LogP contribution in [0.2, 0.25) is 0 Å². The summed E-state index contributed by atoms with van der Waals surface area (Å²) in [6.45, 7) is 22.5. The number of rotatable bonds is 9. The second-order valence-electron chi connectivity index (χ2n) is 12.3. The quantitative estimate of drug-likeness (QED) is 0.251. The van der Waals surface area contributed by atoms with Gasteiger partial charge in [-0.25, -0.2) is 0 Å². The lowest BCUT2D eigenvalue weighted by atomic mass is 9.79. The Labute approximate surface area is 264 Å². The van der Waals surface area contributed by atoms with E-state index in [1.54, 1.807) is 0 Å². The number of allylic oxidation sites excluding steroid dienone is 1. The van der Waals surface area contributed by atoms with E-state index in [1.165, 1.54) is 97.3 Å². The van der Waals surface area contributed by atoms with E-state index in [0.717, 1.165) is 13.0 Å². The van der Waals surface area contributed by atoms with Gasteiger partial charge in [0.2, 0.25) is 0 Å². The van der Waals surface area contributed by atoms with Crippen molar-refractivity contribution < 1.29 is 0 Å². The lowest BCUT2D eigenvalue weighted by molar-refractivity contribution is 0.320. The maximum absolute atomic E-state index is 5.01. The molecular weight excluding hydrogens is 524 g/mol. The molecule has 0 N–H and O–H groups in total. The number of hydrogen-bond donors (Lipinski definition) is 0. The maximum Gasteiger partial charge on any atom is 0.0568 e. The minimum absolute atomic E-state index is 0.364. The van der Waals surface area contributed by atoms with Gasteiger partial charge in [0.25, 0.3) is 0 Å². The molecule has 2 saturated carbocycles. The predicted molar refractivity (Wildman–Crippen MR) is 187 cm³/mol. The van der Waals surface area contributed by atoms with Crippen molar-refractivity contribution in [2.75, 3.05) is 11.4 Å². The summed E-state index contributed by atoms with van der Waals surface area (Å²) in [7, 11) is 0. The Kier molecular flexibility index (Phi) is 14.0. The van der Waals surface area contributed by atoms with E-state index in [-0.39, 0.29) is 0 Å². The Bertz CT molecular complexity index is 1240. The first kappa shape index (κ1) is 34.6. The van der Waals surface area contributed by atoms with Crippen LogP contribution in [-0.4, -0.2) is 21.3 Å². The molecule has 2 fully saturated rings. The standard InChI is InChI=1S/C35H48N4.2C2H6/c1-6-29-19-20-35(37-26(29)4)31-17-15-28(16-18-31)23-38(27(5)30-11-8-7-9-12-30)34-14-10-13-32(21-34)33-22-36-39(24-33)25(2)3;2*1-2/h10,13-14,19-22,24-25,28,30-31H,5-9,11-12,15-18,23H2,1-4H3;2*1-2H3. The van der Waals surface area contributed by atoms with Crippen LogP contribution in [0.5, 0.6) is 0 Å². The van der Waals surface area contributed by atoms with Crippen LogP contribution < -0.4 is 4.90 Å². The molecule has 43 heavy (non-hydrogen) atoms. The van der Waals surface area contributed by atoms with Crippen LogP contribution in [0.3, 0.4) is 0 Å². The van der Waals surface area contributed by atoms with Gasteiger partial charge in [-0.2, -0.15) is 5.10 Å². The third kappa shape index (κ3) is 9.06. The fraction of sp³-hybridized carbons (Fsp3) is 0.590. The molecule has 2 aromatic heterocycles. The Balaban J connectivity index is 0.00000121. The summed E-state index contributed by atoms with van der Waals surface area (Å²) in [5.41, 5.74) is 8.94. The van der Waals surface area contributed by atoms with Gasteiger partial charge < -0.3 is 4.90 Å². The van der Waals surface area contributed by atoms with Crippen molar-refractivity contribution in [1.29, 1.82) is 0 Å². The molecule has 2 heterocycles. The number of aryl methyl sites for hydroxylation is 2. The first-order valence-corrected chi connectivity index (χ1v) is 17.5. The zero-order chi connectivity index (χ0) is 31.4. The molecule has 0 spiro atoms. The van der Waals surface area contributed by atoms with Crippen molar-refractivity contribution in [3.63, 3.8) is 0 Å². The SMILES string of the molecule is C=C(C1CCCCC1)N(CC1CCC(c2ccc(CC)c(C)n2)CC1)c1cccc(-c2cnn(C(C)C)c2)c1.CC.CC. The lowest BCUT2D eigenvalue weighted by Crippen LogP contribution is -2.34. The topological polar surface area (TPSA) is 34.0 Å². The highest BCUT2D eigenvalue weighted by Crippen LogP contribution is 2.39. The van der Waals surface area contributed by atoms with E-state index in [1.807, 2.05) is 38.6 Å². The third-order valence-electron chi connectivity index (χ3n) is 9.35. The van der Waals surface area contributed by atoms with Crippen LogP contribution in [0.1, 0.15) is 135 Å². The molecule has 4 heteroatoms. The molecule has 0 bridgehead atoms. The molecule has 4 nitrogen and oxygen atoms in total. The van der Waals surface area contributed by atoms with Gasteiger partial charge in [-0.3, -0.25) is 9.67 Å². The molecule has 0 radical (unpaired) electrons. The molecule has 0 unspecified atom stereocenters. The first-order valence-electron chi connectivity index (χ1n) is 17.5. The van der Waals surface area contributed by atoms with Gasteiger partial charge >= 0.3 is 0 Å². The number of anilines is 1. The molecule has 2 aliphatic carbocycles. The molecule has 236 valence electrons. The van der Waals surface area contributed by atoms with E-state index >= 15 is 0 Å². The van der Waals surface area contributed by atoms with Gasteiger partial charge in [0.1, 0.15) is 0 Å². The molecule has 0 atom stereocenters. The van der Waals surface area contributed by atoms with E-state index in [0.29, 0.717) is 23.8 Å². The zero-order valence-corrected chi connectivity index (χ0v) is 28.7. The first-order chi connectivity index (χ1) is 20.9. The fourth-order valence-electron chi connectivity index (χ4n) is 6.78. The van der Waals surface area contributed by atoms with E-state index in [2.05, 4.69) is 80.3 Å². The van der Waals surface area contributed by atoms with Crippen LogP contribution in [0, 0.1) is 18.8 Å². The third-order valence-corrected chi connectivity index (χ3v) is 9.35. The van der Waals surface area contributed by atoms with Crippen LogP contribution in [0.25, 0.3) is 11.1 Å². The zero-order valence-electron chi connectivity index (χ0n) is 28.7. The summed E-state index contributed by atoms with van der Waals surface area (Å²) in [6, 6.07) is 14.0. The highest BCUT2D eigenvalue weighted by Gasteiger charge is 2.28. The van der Waals surface area contributed by atoms with Crippen LogP contribution in [-0.2, 0) is 6.42 Å². The smallest absolute Gasteiger partial charge is 0.0568 e. The van der Waals surface area contributed by atoms with Crippen LogP contribution in [0.4, 0.5) is 5.69 Å². The summed E-state index contributed by atoms with van der Waals surface area (Å²) in [6.07, 6.45) is 16.8. The van der Waals surface area contributed by atoms with Gasteiger partial charge in [0.15, 0.2) is 0 Å². The van der Waals surface area contributed by atoms with Crippen molar-refractivity contribution >= 4 is 5.69 Å². The molecular formula is C39H60N4. The highest BCUT2D eigenvalue weighted by atomic mass is 15.3. The monoisotopic (exact) mass is 584 g/mol. The second-order valence-corrected chi connectivity index (χ2v) is 12.3. The maximum atomic E-state index is 5.01. The Hall–Kier alpha value is -2.88. The fourth-order valence-corrected chi connectivity index (χ4v) is 6.78. The predicted octanol–water partition coefficient (Wildman–Crippen LogP) is 11.3. The molecule has 0 amide bonds. The number of nitrogens with zero attached hydrogens (tertiary/aromatic N) is 4. The molecule has 0 saturated heterocycles. The second kappa shape index (κ2) is 17.4. The largest absolute Gasteiger partial charge is 0.345 e. The molecule has 0 aliphatic heterocycles. The van der Waals surface area contributed by atoms with Crippen LogP contribution >= 0.6 is 0 Å². The molecule has 5 rings (SSSR count). The Morgan fingerprint density at radius 1 is 0.930 bits per heavy atom. The summed E-state index contributed by atoms with van der Waals surface area (Å²) < 4.78 is 2.05. The minimum Gasteiger partial charge on any atom is -0.345 e. The van der Waals surface area contributed by atoms with E-state index < -0.39 is 0 Å². The van der Waals surface area contributed by atoms with Crippen molar-refractivity contribution in [3.05, 3.63) is 78.0 Å². The molecule has 2 aliphatic rings. The van der Waals surface area contributed by atoms with Crippen molar-refractivity contribution in [2.24, 2.45) is 11.8 Å². The average molecular weight is 585 g/mol. The summed E-state index contributed by atoms with van der Waals surface area (Å²) in [5.74, 6) is 1.89. The van der Waals surface area contributed by atoms with Gasteiger partial charge in [-0.05, 0) is 107 Å². The number of hydrogen-bond acceptors (Lipinski definition) is 3. The van der Waals surface area contributed by atoms with E-state index in [4.69, 9.17) is 11.6 Å². The van der Waals surface area contributed by atoms with Crippen molar-refractivity contribution in [1.82, 2.24) is 14.8 Å². The number of benzene rings is 1. The van der Waals surface area contributed by atoms with Gasteiger partial charge in [-0.1, -0.05) is 78.7 Å². The average Bonchev–Trinajstić information content (AvgIpc) is 3.57. The van der Waals surface area contributed by atoms with Gasteiger partial charge in [0.05, 0.1) is 6.20 Å².